The first-order valence-electron chi connectivity index (χ1n) is 15.8. The normalized spacial score (nSPS) is 25.0. The van der Waals surface area contributed by atoms with Gasteiger partial charge in [-0.05, 0) is 115 Å². The van der Waals surface area contributed by atoms with Gasteiger partial charge < -0.3 is 15.3 Å². The minimum atomic E-state index is -1.59. The number of ketones is 3. The molecule has 1 aromatic rings. The van der Waals surface area contributed by atoms with Crippen molar-refractivity contribution >= 4 is 17.3 Å². The Labute approximate surface area is 263 Å². The standard InChI is InChI=1S/C38H52O6/c1-22(2)11-13-27(25(7)8)20-37-21-28(15-12-23(3)4)36(9,10)38(35(37)44,18-17-24(5)6)34(43)31(33(37)42)32(41)26-14-16-29(39)30(40)19-26/h11-12,14,16-17,19,25,27-28,39-40,42H,13,15,18,20-21H2,1-10H3/t27-,28+,37+,38-/m0/s1. The van der Waals surface area contributed by atoms with E-state index in [2.05, 4.69) is 26.0 Å². The Bertz CT molecular complexity index is 1440. The number of carbonyl (C=O) groups is 3. The Hall–Kier alpha value is -3.41. The van der Waals surface area contributed by atoms with Crippen molar-refractivity contribution in [3.63, 3.8) is 0 Å². The second kappa shape index (κ2) is 12.9. The summed E-state index contributed by atoms with van der Waals surface area (Å²) in [5.41, 5.74) is -1.05. The summed E-state index contributed by atoms with van der Waals surface area (Å²) in [6.45, 7) is 20.1. The fourth-order valence-corrected chi connectivity index (χ4v) is 7.26. The van der Waals surface area contributed by atoms with Crippen LogP contribution in [0, 0.1) is 34.0 Å². The molecule has 240 valence electrons. The van der Waals surface area contributed by atoms with Gasteiger partial charge in [-0.1, -0.05) is 62.6 Å². The molecule has 3 rings (SSSR count). The molecule has 0 aromatic heterocycles. The van der Waals surface area contributed by atoms with Crippen LogP contribution in [0.5, 0.6) is 11.5 Å². The minimum absolute atomic E-state index is 0.00439. The monoisotopic (exact) mass is 604 g/mol. The number of carbonyl (C=O) groups excluding carboxylic acids is 3. The summed E-state index contributed by atoms with van der Waals surface area (Å²) in [7, 11) is 0. The first kappa shape index (κ1) is 35.1. The number of Topliss-reactive ketones (excluding diaryl/α,β-unsaturated/α-hetero) is 3. The molecule has 0 saturated heterocycles. The summed E-state index contributed by atoms with van der Waals surface area (Å²) >= 11 is 0. The Morgan fingerprint density at radius 3 is 2.02 bits per heavy atom. The topological polar surface area (TPSA) is 112 Å². The number of hydrogen-bond acceptors (Lipinski definition) is 6. The van der Waals surface area contributed by atoms with Crippen LogP contribution in [0.4, 0.5) is 0 Å². The summed E-state index contributed by atoms with van der Waals surface area (Å²) < 4.78 is 0. The Kier molecular flexibility index (Phi) is 10.3. The van der Waals surface area contributed by atoms with E-state index in [4.69, 9.17) is 0 Å². The van der Waals surface area contributed by atoms with Crippen LogP contribution in [0.3, 0.4) is 0 Å². The molecule has 0 radical (unpaired) electrons. The van der Waals surface area contributed by atoms with Crippen molar-refractivity contribution < 1.29 is 29.7 Å². The van der Waals surface area contributed by atoms with Crippen molar-refractivity contribution in [1.82, 2.24) is 0 Å². The van der Waals surface area contributed by atoms with Crippen molar-refractivity contribution in [3.05, 3.63) is 70.0 Å². The number of hydrogen-bond donors (Lipinski definition) is 3. The number of rotatable bonds is 11. The van der Waals surface area contributed by atoms with E-state index in [1.807, 2.05) is 61.5 Å². The number of aromatic hydroxyl groups is 2. The van der Waals surface area contributed by atoms with Gasteiger partial charge in [-0.25, -0.2) is 0 Å². The van der Waals surface area contributed by atoms with Crippen LogP contribution in [-0.2, 0) is 9.59 Å². The number of phenolic OH excluding ortho intramolecular Hbond substituents is 2. The fraction of sp³-hybridized carbons (Fsp3) is 0.553. The van der Waals surface area contributed by atoms with Crippen molar-refractivity contribution in [2.75, 3.05) is 0 Å². The highest BCUT2D eigenvalue weighted by atomic mass is 16.3. The molecule has 1 aromatic carbocycles. The molecule has 0 aliphatic heterocycles. The SMILES string of the molecule is CC(C)=CC[C@@H](C[C@@]12C[C@@H](CC=C(C)C)C(C)(C)[C@@](CC=C(C)C)(C(=O)C(C(=O)c3ccc(O)c(O)c3)=C1O)C2=O)C(C)C. The summed E-state index contributed by atoms with van der Waals surface area (Å²) in [4.78, 5) is 44.3. The van der Waals surface area contributed by atoms with E-state index in [-0.39, 0.29) is 41.1 Å². The van der Waals surface area contributed by atoms with Crippen LogP contribution in [0.25, 0.3) is 0 Å². The molecule has 44 heavy (non-hydrogen) atoms. The second-order valence-corrected chi connectivity index (χ2v) is 14.8. The van der Waals surface area contributed by atoms with Gasteiger partial charge in [0.25, 0.3) is 0 Å². The molecular formula is C38H52O6. The zero-order chi connectivity index (χ0) is 33.4. The van der Waals surface area contributed by atoms with Crippen LogP contribution in [-0.4, -0.2) is 32.7 Å². The molecule has 0 amide bonds. The van der Waals surface area contributed by atoms with E-state index in [1.165, 1.54) is 12.1 Å². The van der Waals surface area contributed by atoms with Gasteiger partial charge in [0, 0.05) is 5.56 Å². The predicted octanol–water partition coefficient (Wildman–Crippen LogP) is 8.99. The molecule has 4 atom stereocenters. The van der Waals surface area contributed by atoms with Crippen LogP contribution < -0.4 is 0 Å². The number of allylic oxidation sites excluding steroid dienone is 8. The van der Waals surface area contributed by atoms with Crippen LogP contribution in [0.2, 0.25) is 0 Å². The van der Waals surface area contributed by atoms with Crippen LogP contribution in [0.1, 0.15) is 112 Å². The van der Waals surface area contributed by atoms with Gasteiger partial charge in [-0.15, -0.1) is 0 Å². The summed E-state index contributed by atoms with van der Waals surface area (Å²) in [6, 6.07) is 3.60. The van der Waals surface area contributed by atoms with E-state index in [1.54, 1.807) is 0 Å². The lowest BCUT2D eigenvalue weighted by atomic mass is 9.39. The number of aliphatic hydroxyl groups excluding tert-OH is 1. The summed E-state index contributed by atoms with van der Waals surface area (Å²) in [5.74, 6) is -3.02. The van der Waals surface area contributed by atoms with E-state index < -0.39 is 45.1 Å². The second-order valence-electron chi connectivity index (χ2n) is 14.8. The van der Waals surface area contributed by atoms with Gasteiger partial charge in [-0.2, -0.15) is 0 Å². The largest absolute Gasteiger partial charge is 0.510 e. The lowest BCUT2D eigenvalue weighted by Crippen LogP contribution is -2.67. The third-order valence-electron chi connectivity index (χ3n) is 10.3. The third-order valence-corrected chi connectivity index (χ3v) is 10.3. The highest BCUT2D eigenvalue weighted by molar-refractivity contribution is 6.35. The molecule has 2 bridgehead atoms. The number of benzene rings is 1. The molecule has 2 aliphatic carbocycles. The average molecular weight is 605 g/mol. The summed E-state index contributed by atoms with van der Waals surface area (Å²) in [6.07, 6.45) is 8.28. The molecule has 6 heteroatoms. The van der Waals surface area contributed by atoms with Crippen molar-refractivity contribution in [2.45, 2.75) is 101 Å². The van der Waals surface area contributed by atoms with Gasteiger partial charge in [0.05, 0.1) is 5.41 Å². The maximum atomic E-state index is 15.2. The first-order chi connectivity index (χ1) is 20.3. The Morgan fingerprint density at radius 1 is 0.909 bits per heavy atom. The van der Waals surface area contributed by atoms with E-state index >= 15 is 4.79 Å². The van der Waals surface area contributed by atoms with Crippen molar-refractivity contribution in [1.29, 1.82) is 0 Å². The quantitative estimate of drug-likeness (QED) is 0.0764. The van der Waals surface area contributed by atoms with Crippen molar-refractivity contribution in [2.24, 2.45) is 34.0 Å². The van der Waals surface area contributed by atoms with Gasteiger partial charge in [0.1, 0.15) is 16.7 Å². The van der Waals surface area contributed by atoms with E-state index in [0.29, 0.717) is 25.7 Å². The first-order valence-corrected chi connectivity index (χ1v) is 15.8. The van der Waals surface area contributed by atoms with Crippen molar-refractivity contribution in [3.8, 4) is 11.5 Å². The molecular weight excluding hydrogens is 552 g/mol. The minimum Gasteiger partial charge on any atom is -0.510 e. The zero-order valence-electron chi connectivity index (χ0n) is 28.3. The average Bonchev–Trinajstić information content (AvgIpc) is 2.91. The number of fused-ring (bicyclic) bond motifs is 2. The highest BCUT2D eigenvalue weighted by Crippen LogP contribution is 2.67. The molecule has 2 aliphatic rings. The maximum Gasteiger partial charge on any atom is 0.200 e. The smallest absolute Gasteiger partial charge is 0.200 e. The molecule has 1 saturated carbocycles. The van der Waals surface area contributed by atoms with E-state index in [0.717, 1.165) is 22.8 Å². The number of aliphatic hydroxyl groups is 1. The number of phenols is 2. The fourth-order valence-electron chi connectivity index (χ4n) is 7.26. The molecule has 1 fully saturated rings. The molecule has 0 spiro atoms. The zero-order valence-corrected chi connectivity index (χ0v) is 28.3. The molecule has 0 heterocycles. The van der Waals surface area contributed by atoms with Gasteiger partial charge in [0.15, 0.2) is 28.8 Å². The van der Waals surface area contributed by atoms with Crippen LogP contribution >= 0.6 is 0 Å². The predicted molar refractivity (Wildman–Crippen MR) is 176 cm³/mol. The lowest BCUT2D eigenvalue weighted by molar-refractivity contribution is -0.173. The highest BCUT2D eigenvalue weighted by Gasteiger charge is 2.72. The summed E-state index contributed by atoms with van der Waals surface area (Å²) in [5, 5.41) is 32.3. The molecule has 6 nitrogen and oxygen atoms in total. The van der Waals surface area contributed by atoms with Gasteiger partial charge in [-0.3, -0.25) is 14.4 Å². The molecule has 0 unspecified atom stereocenters. The molecule has 3 N–H and O–H groups in total. The van der Waals surface area contributed by atoms with E-state index in [9.17, 15) is 24.9 Å². The van der Waals surface area contributed by atoms with Crippen LogP contribution in [0.15, 0.2) is 64.5 Å². The maximum absolute atomic E-state index is 15.2. The Morgan fingerprint density at radius 2 is 1.50 bits per heavy atom. The van der Waals surface area contributed by atoms with Gasteiger partial charge >= 0.3 is 0 Å². The Balaban J connectivity index is 2.45. The lowest BCUT2D eigenvalue weighted by Gasteiger charge is -2.61. The third kappa shape index (κ3) is 6.09. The van der Waals surface area contributed by atoms with Gasteiger partial charge in [0.2, 0.25) is 0 Å².